The number of nitrogens with zero attached hydrogens (tertiary/aromatic N) is 4. The monoisotopic (exact) mass is 519 g/mol. The molecule has 5 rings (SSSR count). The normalized spacial score (nSPS) is 10.9. The Balaban J connectivity index is 1.18. The molecule has 11 heteroatoms. The van der Waals surface area contributed by atoms with Crippen molar-refractivity contribution in [3.63, 3.8) is 0 Å². The molecular formula is C25H21N5O4S2. The van der Waals surface area contributed by atoms with E-state index in [0.717, 1.165) is 17.0 Å². The van der Waals surface area contributed by atoms with E-state index < -0.39 is 0 Å². The molecule has 4 aromatic heterocycles. The molecule has 9 nitrogen and oxygen atoms in total. The van der Waals surface area contributed by atoms with Gasteiger partial charge in [0.2, 0.25) is 11.1 Å². The summed E-state index contributed by atoms with van der Waals surface area (Å²) in [6, 6.07) is 14.8. The molecule has 0 aliphatic rings. The van der Waals surface area contributed by atoms with Crippen LogP contribution in [0.3, 0.4) is 0 Å². The first kappa shape index (κ1) is 23.8. The number of anilines is 1. The van der Waals surface area contributed by atoms with Crippen molar-refractivity contribution >= 4 is 34.1 Å². The summed E-state index contributed by atoms with van der Waals surface area (Å²) in [7, 11) is 0. The molecule has 4 heterocycles. The van der Waals surface area contributed by atoms with Crippen molar-refractivity contribution < 1.29 is 18.4 Å². The minimum absolute atomic E-state index is 0.137. The first-order chi connectivity index (χ1) is 17.7. The maximum Gasteiger partial charge on any atom is 0.226 e. The van der Waals surface area contributed by atoms with Gasteiger partial charge in [0.05, 0.1) is 24.8 Å². The topological polar surface area (TPSA) is 116 Å². The zero-order chi connectivity index (χ0) is 24.7. The maximum atomic E-state index is 12.5. The third-order valence-electron chi connectivity index (χ3n) is 4.95. The van der Waals surface area contributed by atoms with Gasteiger partial charge >= 0.3 is 0 Å². The number of carbonyl (C=O) groups is 1. The number of hydrogen-bond donors (Lipinski definition) is 1. The van der Waals surface area contributed by atoms with E-state index in [4.69, 9.17) is 13.6 Å². The fraction of sp³-hybridized carbons (Fsp3) is 0.160. The largest absolute Gasteiger partial charge is 0.494 e. The van der Waals surface area contributed by atoms with Crippen molar-refractivity contribution in [1.29, 1.82) is 0 Å². The number of furan rings is 2. The average molecular weight is 520 g/mol. The molecule has 0 unspecified atom stereocenters. The first-order valence-electron chi connectivity index (χ1n) is 11.1. The van der Waals surface area contributed by atoms with Gasteiger partial charge in [-0.2, -0.15) is 0 Å². The third kappa shape index (κ3) is 5.64. The molecule has 1 amide bonds. The number of hydrogen-bond acceptors (Lipinski definition) is 10. The second kappa shape index (κ2) is 11.2. The van der Waals surface area contributed by atoms with E-state index in [0.29, 0.717) is 45.6 Å². The Morgan fingerprint density at radius 3 is 2.44 bits per heavy atom. The molecule has 0 aliphatic heterocycles. The molecule has 0 bridgehead atoms. The van der Waals surface area contributed by atoms with Gasteiger partial charge in [0.25, 0.3) is 0 Å². The minimum atomic E-state index is -0.137. The summed E-state index contributed by atoms with van der Waals surface area (Å²) in [4.78, 5) is 21.6. The summed E-state index contributed by atoms with van der Waals surface area (Å²) in [6.07, 6.45) is 3.40. The average Bonchev–Trinajstić information content (AvgIpc) is 3.68. The number of ether oxygens (including phenoxy) is 1. The Bertz CT molecular complexity index is 1420. The van der Waals surface area contributed by atoms with Gasteiger partial charge in [-0.3, -0.25) is 4.79 Å². The van der Waals surface area contributed by atoms with Gasteiger partial charge in [0.1, 0.15) is 11.4 Å². The lowest BCUT2D eigenvalue weighted by Crippen LogP contribution is -2.12. The number of carbonyl (C=O) groups excluding carboxylic acids is 1. The number of rotatable bonds is 10. The Kier molecular flexibility index (Phi) is 7.39. The summed E-state index contributed by atoms with van der Waals surface area (Å²) >= 11 is 2.72. The van der Waals surface area contributed by atoms with Gasteiger partial charge in [-0.25, -0.2) is 9.97 Å². The van der Waals surface area contributed by atoms with E-state index in [2.05, 4.69) is 25.5 Å². The van der Waals surface area contributed by atoms with Crippen molar-refractivity contribution in [3.8, 4) is 39.9 Å². The lowest BCUT2D eigenvalue weighted by atomic mass is 10.2. The molecule has 0 saturated heterocycles. The predicted molar refractivity (Wildman–Crippen MR) is 138 cm³/mol. The molecule has 0 atom stereocenters. The minimum Gasteiger partial charge on any atom is -0.494 e. The fourth-order valence-electron chi connectivity index (χ4n) is 3.31. The van der Waals surface area contributed by atoms with Gasteiger partial charge in [-0.05, 0) is 55.5 Å². The predicted octanol–water partition coefficient (Wildman–Crippen LogP) is 6.03. The lowest BCUT2D eigenvalue weighted by molar-refractivity contribution is -0.115. The zero-order valence-electron chi connectivity index (χ0n) is 19.2. The van der Waals surface area contributed by atoms with Crippen LogP contribution in [0.25, 0.3) is 34.2 Å². The molecule has 0 spiro atoms. The second-order valence-electron chi connectivity index (χ2n) is 7.39. The van der Waals surface area contributed by atoms with E-state index >= 15 is 0 Å². The molecule has 5 aromatic rings. The highest BCUT2D eigenvalue weighted by molar-refractivity contribution is 7.99. The van der Waals surface area contributed by atoms with E-state index in [1.807, 2.05) is 36.6 Å². The van der Waals surface area contributed by atoms with Crippen molar-refractivity contribution in [2.45, 2.75) is 18.5 Å². The Labute approximate surface area is 215 Å². The van der Waals surface area contributed by atoms with E-state index in [1.54, 1.807) is 36.8 Å². The van der Waals surface area contributed by atoms with Crippen molar-refractivity contribution in [1.82, 2.24) is 20.2 Å². The highest BCUT2D eigenvalue weighted by atomic mass is 32.2. The summed E-state index contributed by atoms with van der Waals surface area (Å²) in [5, 5.41) is 14.2. The first-order valence-corrected chi connectivity index (χ1v) is 13.0. The number of thioether (sulfide) groups is 1. The van der Waals surface area contributed by atoms with Gasteiger partial charge in [-0.1, -0.05) is 11.8 Å². The number of amides is 1. The SMILES string of the molecule is CCOc1ccc(-c2csc(NC(=O)CCSc3nnc(-c4ccco4)c(-c4ccco4)n3)n2)cc1. The summed E-state index contributed by atoms with van der Waals surface area (Å²) < 4.78 is 16.4. The summed E-state index contributed by atoms with van der Waals surface area (Å²) in [5.74, 6) is 2.26. The zero-order valence-corrected chi connectivity index (χ0v) is 20.8. The van der Waals surface area contributed by atoms with Crippen LogP contribution in [0, 0.1) is 0 Å². The standard InChI is InChI=1S/C25H21N5O4S2/c1-2-32-17-9-7-16(8-10-17)18-15-36-24(26-18)27-21(31)11-14-35-25-28-22(19-5-3-12-33-19)23(29-30-25)20-6-4-13-34-20/h3-10,12-13,15H,2,11,14H2,1H3,(H,26,27,31). The van der Waals surface area contributed by atoms with Crippen LogP contribution < -0.4 is 10.1 Å². The summed E-state index contributed by atoms with van der Waals surface area (Å²) in [5.41, 5.74) is 2.78. The Morgan fingerprint density at radius 2 is 1.75 bits per heavy atom. The van der Waals surface area contributed by atoms with E-state index in [-0.39, 0.29) is 12.3 Å². The molecule has 0 aliphatic carbocycles. The third-order valence-corrected chi connectivity index (χ3v) is 6.55. The molecule has 0 radical (unpaired) electrons. The van der Waals surface area contributed by atoms with Crippen LogP contribution in [0.2, 0.25) is 0 Å². The molecule has 0 saturated carbocycles. The van der Waals surface area contributed by atoms with Crippen molar-refractivity contribution in [2.75, 3.05) is 17.7 Å². The summed E-state index contributed by atoms with van der Waals surface area (Å²) in [6.45, 7) is 2.57. The van der Waals surface area contributed by atoms with Crippen LogP contribution in [0.4, 0.5) is 5.13 Å². The van der Waals surface area contributed by atoms with Gasteiger partial charge in [0, 0.05) is 23.1 Å². The highest BCUT2D eigenvalue weighted by Gasteiger charge is 2.18. The number of thiazole rings is 1. The second-order valence-corrected chi connectivity index (χ2v) is 9.31. The van der Waals surface area contributed by atoms with Gasteiger partial charge in [0.15, 0.2) is 22.3 Å². The molecule has 0 fully saturated rings. The van der Waals surface area contributed by atoms with Crippen LogP contribution >= 0.6 is 23.1 Å². The number of nitrogens with one attached hydrogen (secondary N) is 1. The van der Waals surface area contributed by atoms with Crippen molar-refractivity contribution in [2.24, 2.45) is 0 Å². The number of aromatic nitrogens is 4. The van der Waals surface area contributed by atoms with Crippen LogP contribution in [0.5, 0.6) is 5.75 Å². The maximum absolute atomic E-state index is 12.5. The molecule has 1 N–H and O–H groups in total. The van der Waals surface area contributed by atoms with Crippen LogP contribution in [-0.2, 0) is 4.79 Å². The molecule has 182 valence electrons. The molecule has 36 heavy (non-hydrogen) atoms. The van der Waals surface area contributed by atoms with Crippen LogP contribution in [0.15, 0.2) is 80.4 Å². The van der Waals surface area contributed by atoms with Crippen molar-refractivity contribution in [3.05, 3.63) is 66.4 Å². The number of benzene rings is 1. The highest BCUT2D eigenvalue weighted by Crippen LogP contribution is 2.31. The van der Waals surface area contributed by atoms with Crippen LogP contribution in [-0.4, -0.2) is 38.4 Å². The van der Waals surface area contributed by atoms with Crippen LogP contribution in [0.1, 0.15) is 13.3 Å². The van der Waals surface area contributed by atoms with E-state index in [9.17, 15) is 4.79 Å². The quantitative estimate of drug-likeness (QED) is 0.221. The molecular weight excluding hydrogens is 498 g/mol. The molecule has 1 aromatic carbocycles. The van der Waals surface area contributed by atoms with Gasteiger partial charge in [-0.15, -0.1) is 21.5 Å². The van der Waals surface area contributed by atoms with Gasteiger partial charge < -0.3 is 18.9 Å². The Hall–Kier alpha value is -3.96. The smallest absolute Gasteiger partial charge is 0.226 e. The fourth-order valence-corrected chi connectivity index (χ4v) is 4.77. The van der Waals surface area contributed by atoms with E-state index in [1.165, 1.54) is 23.1 Å². The Morgan fingerprint density at radius 1 is 1.00 bits per heavy atom. The lowest BCUT2D eigenvalue weighted by Gasteiger charge is -2.05.